The molecule has 0 aliphatic rings. The number of hydrogen-bond donors (Lipinski definition) is 1. The molecule has 0 fully saturated rings. The highest BCUT2D eigenvalue weighted by Gasteiger charge is 2.30. The van der Waals surface area contributed by atoms with Crippen LogP contribution in [0.4, 0.5) is 0 Å². The zero-order valence-electron chi connectivity index (χ0n) is 8.85. The third-order valence-corrected chi connectivity index (χ3v) is 2.00. The average molecular weight is 171 g/mol. The summed E-state index contributed by atoms with van der Waals surface area (Å²) in [6.07, 6.45) is 0.0370. The molecule has 0 radical (unpaired) electrons. The maximum atomic E-state index is 5.93. The van der Waals surface area contributed by atoms with Crippen LogP contribution in [0.2, 0.25) is 0 Å². The van der Waals surface area contributed by atoms with Crippen LogP contribution in [-0.2, 0) is 4.74 Å². The minimum absolute atomic E-state index is 0.0370. The summed E-state index contributed by atoms with van der Waals surface area (Å²) in [5.41, 5.74) is 6.96. The van der Waals surface area contributed by atoms with Gasteiger partial charge in [0.25, 0.3) is 0 Å². The Balaban J connectivity index is 4.45. The first kappa shape index (κ1) is 11.7. The Morgan fingerprint density at radius 1 is 1.42 bits per heavy atom. The summed E-state index contributed by atoms with van der Waals surface area (Å²) in [4.78, 5) is 0. The van der Waals surface area contributed by atoms with E-state index in [1.165, 1.54) is 0 Å². The Morgan fingerprint density at radius 2 is 1.83 bits per heavy atom. The number of methoxy groups -OCH3 is 1. The molecule has 0 spiro atoms. The van der Waals surface area contributed by atoms with Gasteiger partial charge in [0, 0.05) is 7.11 Å². The van der Waals surface area contributed by atoms with E-state index in [4.69, 9.17) is 10.5 Å². The summed E-state index contributed by atoms with van der Waals surface area (Å²) in [5, 5.41) is 0. The molecule has 0 aromatic rings. The van der Waals surface area contributed by atoms with Crippen molar-refractivity contribution in [1.82, 2.24) is 0 Å². The summed E-state index contributed by atoms with van der Waals surface area (Å²) < 4.78 is 5.35. The molecule has 2 unspecified atom stereocenters. The fourth-order valence-electron chi connectivity index (χ4n) is 1.30. The molecule has 0 aliphatic heterocycles. The molecular weight excluding hydrogens is 150 g/mol. The van der Waals surface area contributed by atoms with E-state index in [9.17, 15) is 0 Å². The van der Waals surface area contributed by atoms with Crippen molar-refractivity contribution < 1.29 is 4.74 Å². The van der Waals surface area contributed by atoms with Gasteiger partial charge in [-0.05, 0) is 12.3 Å². The predicted molar refractivity (Wildman–Crippen MR) is 53.0 cm³/mol. The van der Waals surface area contributed by atoms with Crippen LogP contribution >= 0.6 is 0 Å². The van der Waals surface area contributed by atoms with Gasteiger partial charge < -0.3 is 10.5 Å². The molecule has 0 saturated carbocycles. The molecule has 0 aliphatic carbocycles. The summed E-state index contributed by atoms with van der Waals surface area (Å²) in [7, 11) is 1.69. The maximum absolute atomic E-state index is 5.93. The van der Waals surface area contributed by atoms with Crippen LogP contribution in [0.1, 0.15) is 27.7 Å². The van der Waals surface area contributed by atoms with Gasteiger partial charge in [0.15, 0.2) is 0 Å². The molecule has 0 bridgehead atoms. The molecular formula is C10H21NO. The lowest BCUT2D eigenvalue weighted by Crippen LogP contribution is -2.45. The lowest BCUT2D eigenvalue weighted by Gasteiger charge is -2.34. The highest BCUT2D eigenvalue weighted by molar-refractivity contribution is 5.06. The van der Waals surface area contributed by atoms with Crippen molar-refractivity contribution in [1.29, 1.82) is 0 Å². The quantitative estimate of drug-likeness (QED) is 0.659. The van der Waals surface area contributed by atoms with Crippen molar-refractivity contribution in [2.45, 2.75) is 39.8 Å². The molecule has 2 atom stereocenters. The van der Waals surface area contributed by atoms with Gasteiger partial charge in [0.2, 0.25) is 0 Å². The van der Waals surface area contributed by atoms with Crippen LogP contribution in [0.15, 0.2) is 12.2 Å². The van der Waals surface area contributed by atoms with E-state index in [1.54, 1.807) is 7.11 Å². The fourth-order valence-corrected chi connectivity index (χ4v) is 1.30. The van der Waals surface area contributed by atoms with Gasteiger partial charge in [-0.15, -0.1) is 0 Å². The first-order chi connectivity index (χ1) is 5.30. The van der Waals surface area contributed by atoms with E-state index < -0.39 is 0 Å². The molecule has 12 heavy (non-hydrogen) atoms. The number of rotatable bonds is 3. The monoisotopic (exact) mass is 171 g/mol. The van der Waals surface area contributed by atoms with Crippen molar-refractivity contribution in [2.24, 2.45) is 11.1 Å². The number of hydrogen-bond acceptors (Lipinski definition) is 2. The van der Waals surface area contributed by atoms with E-state index in [1.807, 2.05) is 6.92 Å². The largest absolute Gasteiger partial charge is 0.379 e. The van der Waals surface area contributed by atoms with E-state index in [0.29, 0.717) is 0 Å². The number of nitrogens with two attached hydrogens (primary N) is 1. The standard InChI is InChI=1S/C10H21NO/c1-7(2)8(11)9(12-6)10(3,4)5/h8-9H,1,11H2,2-6H3. The second kappa shape index (κ2) is 4.06. The van der Waals surface area contributed by atoms with Crippen LogP contribution in [0, 0.1) is 5.41 Å². The van der Waals surface area contributed by atoms with Gasteiger partial charge in [0.1, 0.15) is 0 Å². The Morgan fingerprint density at radius 3 is 1.92 bits per heavy atom. The van der Waals surface area contributed by atoms with Crippen molar-refractivity contribution in [3.8, 4) is 0 Å². The molecule has 2 heteroatoms. The molecule has 0 amide bonds. The Kier molecular flexibility index (Phi) is 3.94. The lowest BCUT2D eigenvalue weighted by molar-refractivity contribution is 0.00610. The van der Waals surface area contributed by atoms with Gasteiger partial charge >= 0.3 is 0 Å². The van der Waals surface area contributed by atoms with Crippen LogP contribution in [-0.4, -0.2) is 19.3 Å². The molecule has 0 saturated heterocycles. The van der Waals surface area contributed by atoms with Gasteiger partial charge in [-0.25, -0.2) is 0 Å². The van der Waals surface area contributed by atoms with Crippen molar-refractivity contribution in [2.75, 3.05) is 7.11 Å². The van der Waals surface area contributed by atoms with Crippen LogP contribution in [0.25, 0.3) is 0 Å². The zero-order valence-corrected chi connectivity index (χ0v) is 8.85. The van der Waals surface area contributed by atoms with Gasteiger partial charge in [-0.2, -0.15) is 0 Å². The number of ether oxygens (including phenoxy) is 1. The van der Waals surface area contributed by atoms with E-state index >= 15 is 0 Å². The van der Waals surface area contributed by atoms with Crippen LogP contribution in [0.3, 0.4) is 0 Å². The Hall–Kier alpha value is -0.340. The predicted octanol–water partition coefficient (Wildman–Crippen LogP) is 1.95. The first-order valence-corrected chi connectivity index (χ1v) is 4.24. The molecule has 72 valence electrons. The third kappa shape index (κ3) is 2.95. The van der Waals surface area contributed by atoms with Crippen LogP contribution < -0.4 is 5.73 Å². The zero-order chi connectivity index (χ0) is 9.94. The highest BCUT2D eigenvalue weighted by atomic mass is 16.5. The molecule has 0 heterocycles. The SMILES string of the molecule is C=C(C)C(N)C(OC)C(C)(C)C. The molecule has 0 rings (SSSR count). The summed E-state index contributed by atoms with van der Waals surface area (Å²) in [6.45, 7) is 12.1. The highest BCUT2D eigenvalue weighted by Crippen LogP contribution is 2.25. The normalized spacial score (nSPS) is 17.2. The molecule has 0 aromatic carbocycles. The van der Waals surface area contributed by atoms with Crippen molar-refractivity contribution >= 4 is 0 Å². The minimum atomic E-state index is -0.0741. The topological polar surface area (TPSA) is 35.2 Å². The maximum Gasteiger partial charge on any atom is 0.0808 e. The van der Waals surface area contributed by atoms with Gasteiger partial charge in [-0.3, -0.25) is 0 Å². The van der Waals surface area contributed by atoms with Crippen molar-refractivity contribution in [3.05, 3.63) is 12.2 Å². The average Bonchev–Trinajstić information content (AvgIpc) is 1.85. The summed E-state index contributed by atoms with van der Waals surface area (Å²) in [6, 6.07) is -0.0741. The molecule has 2 N–H and O–H groups in total. The lowest BCUT2D eigenvalue weighted by atomic mass is 9.83. The Labute approximate surface area is 75.8 Å². The summed E-state index contributed by atoms with van der Waals surface area (Å²) in [5.74, 6) is 0. The van der Waals surface area contributed by atoms with Gasteiger partial charge in [-0.1, -0.05) is 32.9 Å². The van der Waals surface area contributed by atoms with Gasteiger partial charge in [0.05, 0.1) is 12.1 Å². The smallest absolute Gasteiger partial charge is 0.0808 e. The van der Waals surface area contributed by atoms with Crippen LogP contribution in [0.5, 0.6) is 0 Å². The third-order valence-electron chi connectivity index (χ3n) is 2.00. The van der Waals surface area contributed by atoms with Crippen molar-refractivity contribution in [3.63, 3.8) is 0 Å². The van der Waals surface area contributed by atoms with E-state index in [-0.39, 0.29) is 17.6 Å². The summed E-state index contributed by atoms with van der Waals surface area (Å²) >= 11 is 0. The second-order valence-corrected chi connectivity index (χ2v) is 4.39. The Bertz CT molecular complexity index is 158. The fraction of sp³-hybridized carbons (Fsp3) is 0.800. The van der Waals surface area contributed by atoms with E-state index in [2.05, 4.69) is 27.4 Å². The minimum Gasteiger partial charge on any atom is -0.379 e. The second-order valence-electron chi connectivity index (χ2n) is 4.39. The molecule has 0 aromatic heterocycles. The first-order valence-electron chi connectivity index (χ1n) is 4.24. The van der Waals surface area contributed by atoms with E-state index in [0.717, 1.165) is 5.57 Å². The molecule has 2 nitrogen and oxygen atoms in total.